The summed E-state index contributed by atoms with van der Waals surface area (Å²) in [5.41, 5.74) is 0.579. The Bertz CT molecular complexity index is 419. The topological polar surface area (TPSA) is 12.0 Å². The van der Waals surface area contributed by atoms with Crippen LogP contribution in [0.15, 0.2) is 18.2 Å². The van der Waals surface area contributed by atoms with Gasteiger partial charge < -0.3 is 5.32 Å². The van der Waals surface area contributed by atoms with Crippen molar-refractivity contribution >= 4 is 0 Å². The summed E-state index contributed by atoms with van der Waals surface area (Å²) in [7, 11) is 0. The van der Waals surface area contributed by atoms with Crippen molar-refractivity contribution in [2.24, 2.45) is 5.92 Å². The van der Waals surface area contributed by atoms with Gasteiger partial charge in [-0.3, -0.25) is 0 Å². The maximum Gasteiger partial charge on any atom is 0.126 e. The Balaban J connectivity index is 2.16. The van der Waals surface area contributed by atoms with Gasteiger partial charge in [0, 0.05) is 0 Å². The molecule has 0 bridgehead atoms. The first-order valence-corrected chi connectivity index (χ1v) is 7.88. The summed E-state index contributed by atoms with van der Waals surface area (Å²) in [6.07, 6.45) is 6.70. The Hall–Kier alpha value is -0.960. The highest BCUT2D eigenvalue weighted by Crippen LogP contribution is 2.37. The van der Waals surface area contributed by atoms with Gasteiger partial charge in [-0.05, 0) is 68.0 Å². The Morgan fingerprint density at radius 3 is 2.75 bits per heavy atom. The van der Waals surface area contributed by atoms with E-state index in [0.717, 1.165) is 38.8 Å². The normalized spacial score (nSPS) is 23.6. The minimum atomic E-state index is -0.328. The van der Waals surface area contributed by atoms with E-state index in [1.54, 1.807) is 0 Å². The summed E-state index contributed by atoms with van der Waals surface area (Å²) in [5.74, 6) is -0.0115. The molecule has 0 radical (unpaired) electrons. The van der Waals surface area contributed by atoms with Gasteiger partial charge in [0.05, 0.1) is 0 Å². The zero-order valence-corrected chi connectivity index (χ0v) is 12.3. The maximum atomic E-state index is 14.1. The molecule has 0 saturated heterocycles. The number of rotatable bonds is 5. The van der Waals surface area contributed by atoms with Gasteiger partial charge in [0.15, 0.2) is 0 Å². The first-order valence-electron chi connectivity index (χ1n) is 7.88. The van der Waals surface area contributed by atoms with E-state index in [1.807, 2.05) is 0 Å². The highest BCUT2D eigenvalue weighted by atomic mass is 19.1. The highest BCUT2D eigenvalue weighted by Gasteiger charge is 2.27. The van der Waals surface area contributed by atoms with E-state index >= 15 is 0 Å². The molecule has 1 aromatic rings. The van der Waals surface area contributed by atoms with Gasteiger partial charge in [0.2, 0.25) is 0 Å². The zero-order chi connectivity index (χ0) is 14.4. The Morgan fingerprint density at radius 1 is 1.15 bits per heavy atom. The van der Waals surface area contributed by atoms with E-state index in [9.17, 15) is 8.78 Å². The fraction of sp³-hybridized carbons (Fsp3) is 0.647. The van der Waals surface area contributed by atoms with Crippen molar-refractivity contribution in [3.8, 4) is 0 Å². The lowest BCUT2D eigenvalue weighted by atomic mass is 9.82. The van der Waals surface area contributed by atoms with Crippen molar-refractivity contribution in [3.63, 3.8) is 0 Å². The van der Waals surface area contributed by atoms with Crippen LogP contribution in [0.2, 0.25) is 0 Å². The molecule has 2 atom stereocenters. The molecule has 0 aliphatic heterocycles. The van der Waals surface area contributed by atoms with Crippen LogP contribution in [0, 0.1) is 17.6 Å². The molecule has 1 N–H and O–H groups in total. The largest absolute Gasteiger partial charge is 0.316 e. The van der Waals surface area contributed by atoms with Gasteiger partial charge in [0.1, 0.15) is 11.6 Å². The number of benzene rings is 1. The van der Waals surface area contributed by atoms with Crippen molar-refractivity contribution in [2.45, 2.75) is 51.4 Å². The van der Waals surface area contributed by atoms with Gasteiger partial charge in [-0.1, -0.05) is 26.2 Å². The van der Waals surface area contributed by atoms with Crippen molar-refractivity contribution in [2.75, 3.05) is 13.1 Å². The maximum absolute atomic E-state index is 14.1. The number of halogens is 2. The van der Waals surface area contributed by atoms with Gasteiger partial charge in [-0.15, -0.1) is 0 Å². The molecular weight excluding hydrogens is 256 g/mol. The number of hydrogen-bond acceptors (Lipinski definition) is 1. The van der Waals surface area contributed by atoms with Crippen molar-refractivity contribution in [3.05, 3.63) is 35.4 Å². The monoisotopic (exact) mass is 281 g/mol. The predicted octanol–water partition coefficient (Wildman–Crippen LogP) is 4.63. The third-order valence-electron chi connectivity index (χ3n) is 4.35. The summed E-state index contributed by atoms with van der Waals surface area (Å²) >= 11 is 0. The van der Waals surface area contributed by atoms with Crippen LogP contribution in [0.1, 0.15) is 56.9 Å². The third-order valence-corrected chi connectivity index (χ3v) is 4.35. The van der Waals surface area contributed by atoms with Crippen molar-refractivity contribution < 1.29 is 8.78 Å². The molecule has 20 heavy (non-hydrogen) atoms. The van der Waals surface area contributed by atoms with Crippen molar-refractivity contribution in [1.82, 2.24) is 5.32 Å². The first kappa shape index (κ1) is 15.4. The van der Waals surface area contributed by atoms with Crippen LogP contribution in [-0.2, 0) is 0 Å². The molecule has 0 spiro atoms. The molecule has 1 aliphatic rings. The van der Waals surface area contributed by atoms with Crippen LogP contribution in [0.5, 0.6) is 0 Å². The summed E-state index contributed by atoms with van der Waals surface area (Å²) in [6.45, 7) is 4.05. The lowest BCUT2D eigenvalue weighted by molar-refractivity contribution is 0.366. The minimum Gasteiger partial charge on any atom is -0.316 e. The zero-order valence-electron chi connectivity index (χ0n) is 12.3. The minimum absolute atomic E-state index is 0.151. The quantitative estimate of drug-likeness (QED) is 0.613. The molecule has 0 heterocycles. The Morgan fingerprint density at radius 2 is 1.95 bits per heavy atom. The average Bonchev–Trinajstić information content (AvgIpc) is 2.67. The van der Waals surface area contributed by atoms with Gasteiger partial charge in [0.25, 0.3) is 0 Å². The number of nitrogens with one attached hydrogen (secondary N) is 1. The second-order valence-corrected chi connectivity index (χ2v) is 5.87. The second-order valence-electron chi connectivity index (χ2n) is 5.87. The summed E-state index contributed by atoms with van der Waals surface area (Å²) < 4.78 is 27.5. The van der Waals surface area contributed by atoms with Crippen LogP contribution >= 0.6 is 0 Å². The van der Waals surface area contributed by atoms with E-state index in [-0.39, 0.29) is 17.6 Å². The van der Waals surface area contributed by atoms with E-state index in [4.69, 9.17) is 0 Å². The Labute approximate surface area is 120 Å². The fourth-order valence-electron chi connectivity index (χ4n) is 3.30. The van der Waals surface area contributed by atoms with Gasteiger partial charge >= 0.3 is 0 Å². The molecule has 112 valence electrons. The molecule has 2 rings (SSSR count). The number of hydrogen-bond donors (Lipinski definition) is 1. The molecular formula is C17H25F2N. The molecule has 2 unspecified atom stereocenters. The molecule has 0 aromatic heterocycles. The van der Waals surface area contributed by atoms with Crippen LogP contribution in [0.3, 0.4) is 0 Å². The summed E-state index contributed by atoms with van der Waals surface area (Å²) in [5, 5.41) is 3.45. The smallest absolute Gasteiger partial charge is 0.126 e. The van der Waals surface area contributed by atoms with Crippen LogP contribution in [0.4, 0.5) is 8.78 Å². The molecule has 1 aliphatic carbocycles. The fourth-order valence-corrected chi connectivity index (χ4v) is 3.30. The first-order chi connectivity index (χ1) is 9.72. The average molecular weight is 281 g/mol. The van der Waals surface area contributed by atoms with E-state index in [2.05, 4.69) is 12.2 Å². The van der Waals surface area contributed by atoms with Crippen LogP contribution in [0.25, 0.3) is 0 Å². The molecule has 1 fully saturated rings. The van der Waals surface area contributed by atoms with E-state index in [1.165, 1.54) is 31.0 Å². The van der Waals surface area contributed by atoms with Crippen molar-refractivity contribution in [1.29, 1.82) is 0 Å². The molecule has 1 aromatic carbocycles. The summed E-state index contributed by atoms with van der Waals surface area (Å²) in [4.78, 5) is 0. The SMILES string of the molecule is CCCNCC1CCCCCC1c1cc(F)ccc1F. The highest BCUT2D eigenvalue weighted by molar-refractivity contribution is 5.24. The second kappa shape index (κ2) is 7.72. The standard InChI is InChI=1S/C17H25F2N/c1-2-10-20-12-13-6-4-3-5-7-15(13)16-11-14(18)8-9-17(16)19/h8-9,11,13,15,20H,2-7,10,12H2,1H3. The molecule has 3 heteroatoms. The van der Waals surface area contributed by atoms with E-state index in [0.29, 0.717) is 11.5 Å². The lowest BCUT2D eigenvalue weighted by Crippen LogP contribution is -2.28. The van der Waals surface area contributed by atoms with Gasteiger partial charge in [-0.25, -0.2) is 8.78 Å². The van der Waals surface area contributed by atoms with Gasteiger partial charge in [-0.2, -0.15) is 0 Å². The molecule has 1 nitrogen and oxygen atoms in total. The predicted molar refractivity (Wildman–Crippen MR) is 78.8 cm³/mol. The van der Waals surface area contributed by atoms with E-state index < -0.39 is 0 Å². The lowest BCUT2D eigenvalue weighted by Gasteiger charge is -2.26. The molecule has 0 amide bonds. The van der Waals surface area contributed by atoms with Crippen LogP contribution < -0.4 is 5.32 Å². The Kier molecular flexibility index (Phi) is 5.96. The summed E-state index contributed by atoms with van der Waals surface area (Å²) in [6, 6.07) is 3.88. The molecule has 1 saturated carbocycles. The third kappa shape index (κ3) is 4.02. The van der Waals surface area contributed by atoms with Crippen LogP contribution in [-0.4, -0.2) is 13.1 Å².